The molecule has 3 heterocycles. The quantitative estimate of drug-likeness (QED) is 0.241. The summed E-state index contributed by atoms with van der Waals surface area (Å²) in [5.74, 6) is -2.34. The van der Waals surface area contributed by atoms with Crippen LogP contribution in [0.1, 0.15) is 58.4 Å². The van der Waals surface area contributed by atoms with Crippen LogP contribution in [0.15, 0.2) is 43.0 Å². The SMILES string of the molecule is C=CCN(Cc1ccccc1)C(=O)C1N(CCCCCCO)C(=O)[C@@H]2[C@H](C(=O)OCC)[C@@]3(C)OC12CC3C. The van der Waals surface area contributed by atoms with Crippen molar-refractivity contribution in [1.29, 1.82) is 0 Å². The summed E-state index contributed by atoms with van der Waals surface area (Å²) in [7, 11) is 0. The summed E-state index contributed by atoms with van der Waals surface area (Å²) in [4.78, 5) is 45.2. The van der Waals surface area contributed by atoms with Crippen LogP contribution in [0.4, 0.5) is 0 Å². The summed E-state index contributed by atoms with van der Waals surface area (Å²) in [5.41, 5.74) is -0.972. The molecule has 3 saturated heterocycles. The largest absolute Gasteiger partial charge is 0.466 e. The molecule has 38 heavy (non-hydrogen) atoms. The van der Waals surface area contributed by atoms with Gasteiger partial charge in [0, 0.05) is 26.2 Å². The van der Waals surface area contributed by atoms with Gasteiger partial charge in [0.2, 0.25) is 11.8 Å². The molecular weight excluding hydrogens is 484 g/mol. The van der Waals surface area contributed by atoms with Gasteiger partial charge in [0.1, 0.15) is 17.6 Å². The maximum atomic E-state index is 14.4. The lowest BCUT2D eigenvalue weighted by molar-refractivity contribution is -0.162. The first-order chi connectivity index (χ1) is 18.2. The van der Waals surface area contributed by atoms with Crippen LogP contribution in [-0.4, -0.2) is 76.2 Å². The summed E-state index contributed by atoms with van der Waals surface area (Å²) >= 11 is 0. The van der Waals surface area contributed by atoms with Gasteiger partial charge in [-0.25, -0.2) is 0 Å². The van der Waals surface area contributed by atoms with Crippen LogP contribution >= 0.6 is 0 Å². The summed E-state index contributed by atoms with van der Waals surface area (Å²) < 4.78 is 12.2. The fourth-order valence-corrected chi connectivity index (χ4v) is 6.96. The second-order valence-electron chi connectivity index (χ2n) is 11.1. The van der Waals surface area contributed by atoms with Crippen LogP contribution in [0, 0.1) is 17.8 Å². The van der Waals surface area contributed by atoms with E-state index in [-0.39, 0.29) is 30.9 Å². The number of carbonyl (C=O) groups excluding carboxylic acids is 3. The average molecular weight is 527 g/mol. The number of aliphatic hydroxyl groups excluding tert-OH is 1. The molecule has 3 aliphatic heterocycles. The number of hydrogen-bond donors (Lipinski definition) is 1. The first-order valence-electron chi connectivity index (χ1n) is 14.0. The zero-order valence-electron chi connectivity index (χ0n) is 22.9. The van der Waals surface area contributed by atoms with Crippen LogP contribution < -0.4 is 0 Å². The van der Waals surface area contributed by atoms with E-state index in [2.05, 4.69) is 6.58 Å². The fraction of sp³-hybridized carbons (Fsp3) is 0.633. The Balaban J connectivity index is 1.71. The molecule has 3 aliphatic rings. The molecule has 4 rings (SSSR count). The summed E-state index contributed by atoms with van der Waals surface area (Å²) in [5, 5.41) is 9.14. The van der Waals surface area contributed by atoms with Gasteiger partial charge in [-0.1, -0.05) is 56.2 Å². The van der Waals surface area contributed by atoms with Crippen molar-refractivity contribution in [1.82, 2.24) is 9.80 Å². The second kappa shape index (κ2) is 11.6. The van der Waals surface area contributed by atoms with Crippen molar-refractivity contribution in [3.63, 3.8) is 0 Å². The van der Waals surface area contributed by atoms with Crippen molar-refractivity contribution in [3.05, 3.63) is 48.6 Å². The molecule has 0 radical (unpaired) electrons. The van der Waals surface area contributed by atoms with Gasteiger partial charge in [0.05, 0.1) is 18.1 Å². The average Bonchev–Trinajstić information content (AvgIpc) is 3.40. The molecule has 3 unspecified atom stereocenters. The van der Waals surface area contributed by atoms with Crippen LogP contribution in [0.2, 0.25) is 0 Å². The molecule has 8 nitrogen and oxygen atoms in total. The third kappa shape index (κ3) is 4.77. The number of rotatable bonds is 13. The Hall–Kier alpha value is -2.71. The number of amides is 2. The Bertz CT molecular complexity index is 1030. The minimum absolute atomic E-state index is 0.0252. The van der Waals surface area contributed by atoms with Crippen LogP contribution in [0.3, 0.4) is 0 Å². The standard InChI is InChI=1S/C30H42N2O6/c1-5-16-31(20-22-14-10-9-11-15-22)27(35)25-30-19-21(3)29(4,38-30)24(28(36)37-6-2)23(30)26(34)32(25)17-12-7-8-13-18-33/h5,9-11,14-15,21,23-25,33H,1,6-8,12-13,16-20H2,2-4H3/t21?,23-,24+,25?,29-,30?/m0/s1. The van der Waals surface area contributed by atoms with Gasteiger partial charge in [-0.3, -0.25) is 14.4 Å². The van der Waals surface area contributed by atoms with Gasteiger partial charge < -0.3 is 24.4 Å². The highest BCUT2D eigenvalue weighted by molar-refractivity contribution is 5.98. The van der Waals surface area contributed by atoms with Gasteiger partial charge in [-0.15, -0.1) is 6.58 Å². The lowest BCUT2D eigenvalue weighted by Crippen LogP contribution is -2.56. The van der Waals surface area contributed by atoms with Gasteiger partial charge in [0.15, 0.2) is 0 Å². The number of ether oxygens (including phenoxy) is 2. The van der Waals surface area contributed by atoms with Gasteiger partial charge >= 0.3 is 5.97 Å². The van der Waals surface area contributed by atoms with E-state index in [4.69, 9.17) is 14.6 Å². The Morgan fingerprint density at radius 1 is 1.24 bits per heavy atom. The fourth-order valence-electron chi connectivity index (χ4n) is 6.96. The molecule has 1 aromatic rings. The van der Waals surface area contributed by atoms with Crippen molar-refractivity contribution < 1.29 is 29.0 Å². The number of carbonyl (C=O) groups is 3. The normalized spacial score (nSPS) is 31.4. The molecule has 2 bridgehead atoms. The van der Waals surface area contributed by atoms with E-state index in [0.717, 1.165) is 18.4 Å². The van der Waals surface area contributed by atoms with Gasteiger partial charge in [0.25, 0.3) is 0 Å². The molecule has 1 N–H and O–H groups in total. The number of esters is 1. The first kappa shape index (κ1) is 28.3. The summed E-state index contributed by atoms with van der Waals surface area (Å²) in [6, 6.07) is 8.93. The molecule has 208 valence electrons. The highest BCUT2D eigenvalue weighted by atomic mass is 16.6. The zero-order chi connectivity index (χ0) is 27.5. The van der Waals surface area contributed by atoms with Gasteiger partial charge in [-0.05, 0) is 44.6 Å². The van der Waals surface area contributed by atoms with Crippen molar-refractivity contribution in [2.24, 2.45) is 17.8 Å². The van der Waals surface area contributed by atoms with Crippen molar-refractivity contribution in [2.45, 2.75) is 76.7 Å². The first-order valence-corrected chi connectivity index (χ1v) is 14.0. The lowest BCUT2D eigenvalue weighted by atomic mass is 9.62. The number of hydrogen-bond acceptors (Lipinski definition) is 6. The molecule has 0 aromatic heterocycles. The van der Waals surface area contributed by atoms with E-state index in [0.29, 0.717) is 38.9 Å². The Morgan fingerprint density at radius 2 is 1.95 bits per heavy atom. The van der Waals surface area contributed by atoms with E-state index in [1.807, 2.05) is 44.2 Å². The minimum Gasteiger partial charge on any atom is -0.466 e. The zero-order valence-corrected chi connectivity index (χ0v) is 22.9. The number of unbranched alkanes of at least 4 members (excludes halogenated alkanes) is 3. The van der Waals surface area contributed by atoms with Crippen LogP contribution in [-0.2, 0) is 30.4 Å². The van der Waals surface area contributed by atoms with E-state index in [9.17, 15) is 14.4 Å². The topological polar surface area (TPSA) is 96.4 Å². The third-order valence-corrected chi connectivity index (χ3v) is 8.77. The van der Waals surface area contributed by atoms with Gasteiger partial charge in [-0.2, -0.15) is 0 Å². The maximum absolute atomic E-state index is 14.4. The number of fused-ring (bicyclic) bond motifs is 1. The monoisotopic (exact) mass is 526 g/mol. The molecular formula is C30H42N2O6. The number of likely N-dealkylation sites (tertiary alicyclic amines) is 1. The van der Waals surface area contributed by atoms with Crippen molar-refractivity contribution >= 4 is 17.8 Å². The summed E-state index contributed by atoms with van der Waals surface area (Å²) in [6.45, 7) is 11.0. The van der Waals surface area contributed by atoms with Crippen LogP contribution in [0.5, 0.6) is 0 Å². The molecule has 8 heteroatoms. The molecule has 1 spiro atoms. The minimum atomic E-state index is -1.08. The number of aliphatic hydroxyl groups is 1. The predicted molar refractivity (Wildman–Crippen MR) is 143 cm³/mol. The lowest BCUT2D eigenvalue weighted by Gasteiger charge is -2.37. The maximum Gasteiger partial charge on any atom is 0.312 e. The molecule has 1 aromatic carbocycles. The van der Waals surface area contributed by atoms with Crippen molar-refractivity contribution in [2.75, 3.05) is 26.3 Å². The molecule has 2 amide bonds. The second-order valence-corrected chi connectivity index (χ2v) is 11.1. The Kier molecular flexibility index (Phi) is 8.62. The van der Waals surface area contributed by atoms with Crippen LogP contribution in [0.25, 0.3) is 0 Å². The van der Waals surface area contributed by atoms with E-state index in [1.54, 1.807) is 22.8 Å². The van der Waals surface area contributed by atoms with E-state index in [1.165, 1.54) is 0 Å². The third-order valence-electron chi connectivity index (χ3n) is 8.77. The highest BCUT2D eigenvalue weighted by Crippen LogP contribution is 2.65. The van der Waals surface area contributed by atoms with E-state index >= 15 is 0 Å². The van der Waals surface area contributed by atoms with Crippen molar-refractivity contribution in [3.8, 4) is 0 Å². The smallest absolute Gasteiger partial charge is 0.312 e. The molecule has 0 saturated carbocycles. The summed E-state index contributed by atoms with van der Waals surface area (Å²) in [6.07, 6.45) is 5.32. The molecule has 6 atom stereocenters. The Morgan fingerprint density at radius 3 is 2.61 bits per heavy atom. The molecule has 0 aliphatic carbocycles. The molecule has 3 fully saturated rings. The van der Waals surface area contributed by atoms with E-state index < -0.39 is 35.0 Å². The predicted octanol–water partition coefficient (Wildman–Crippen LogP) is 3.33. The number of benzene rings is 1. The Labute approximate surface area is 226 Å². The highest BCUT2D eigenvalue weighted by Gasteiger charge is 2.80. The number of nitrogens with zero attached hydrogens (tertiary/aromatic N) is 2.